The summed E-state index contributed by atoms with van der Waals surface area (Å²) in [6.07, 6.45) is 0.973. The predicted molar refractivity (Wildman–Crippen MR) is 106 cm³/mol. The monoisotopic (exact) mass is 370 g/mol. The number of morpholine rings is 1. The van der Waals surface area contributed by atoms with Crippen LogP contribution in [0.3, 0.4) is 0 Å². The maximum atomic E-state index is 12.4. The molecular weight excluding hydrogens is 344 g/mol. The quantitative estimate of drug-likeness (QED) is 0.812. The number of benzene rings is 2. The Morgan fingerprint density at radius 1 is 1.11 bits per heavy atom. The summed E-state index contributed by atoms with van der Waals surface area (Å²) in [5.41, 5.74) is 2.91. The first-order valence-electron chi connectivity index (χ1n) is 9.22. The molecule has 1 N–H and O–H groups in total. The summed E-state index contributed by atoms with van der Waals surface area (Å²) in [4.78, 5) is 14.6. The highest BCUT2D eigenvalue weighted by Gasteiger charge is 2.17. The Labute approximate surface area is 160 Å². The van der Waals surface area contributed by atoms with Crippen LogP contribution in [0.4, 0.5) is 11.4 Å². The zero-order chi connectivity index (χ0) is 19.1. The van der Waals surface area contributed by atoms with Crippen LogP contribution in [-0.4, -0.2) is 45.9 Å². The smallest absolute Gasteiger partial charge is 0.262 e. The molecule has 1 fully saturated rings. The summed E-state index contributed by atoms with van der Waals surface area (Å²) in [6.45, 7) is 4.98. The van der Waals surface area contributed by atoms with E-state index in [4.69, 9.17) is 14.2 Å². The number of hydrogen-bond acceptors (Lipinski definition) is 5. The lowest BCUT2D eigenvalue weighted by molar-refractivity contribution is -0.118. The van der Waals surface area contributed by atoms with Crippen LogP contribution < -0.4 is 19.7 Å². The van der Waals surface area contributed by atoms with Crippen molar-refractivity contribution in [3.63, 3.8) is 0 Å². The van der Waals surface area contributed by atoms with Gasteiger partial charge < -0.3 is 24.4 Å². The Bertz CT molecular complexity index is 755. The topological polar surface area (TPSA) is 60.0 Å². The largest absolute Gasteiger partial charge is 0.497 e. The van der Waals surface area contributed by atoms with E-state index in [-0.39, 0.29) is 12.5 Å². The van der Waals surface area contributed by atoms with Crippen molar-refractivity contribution in [3.05, 3.63) is 48.0 Å². The van der Waals surface area contributed by atoms with Crippen LogP contribution in [0.1, 0.15) is 12.5 Å². The van der Waals surface area contributed by atoms with E-state index in [1.165, 1.54) is 5.56 Å². The Balaban J connectivity index is 1.66. The van der Waals surface area contributed by atoms with Crippen LogP contribution in [0.2, 0.25) is 0 Å². The van der Waals surface area contributed by atoms with E-state index in [1.807, 2.05) is 42.5 Å². The molecule has 0 atom stereocenters. The molecular formula is C21H26N2O4. The number of anilines is 2. The molecule has 1 saturated heterocycles. The Morgan fingerprint density at radius 3 is 2.48 bits per heavy atom. The zero-order valence-electron chi connectivity index (χ0n) is 15.9. The summed E-state index contributed by atoms with van der Waals surface area (Å²) in [7, 11) is 1.61. The van der Waals surface area contributed by atoms with E-state index >= 15 is 0 Å². The number of rotatable bonds is 7. The van der Waals surface area contributed by atoms with Gasteiger partial charge in [-0.3, -0.25) is 4.79 Å². The van der Waals surface area contributed by atoms with Gasteiger partial charge in [0.05, 0.1) is 31.7 Å². The second kappa shape index (κ2) is 9.28. The first-order valence-corrected chi connectivity index (χ1v) is 9.22. The third kappa shape index (κ3) is 5.14. The number of amides is 1. The van der Waals surface area contributed by atoms with Gasteiger partial charge in [0.25, 0.3) is 5.91 Å². The predicted octanol–water partition coefficient (Wildman–Crippen LogP) is 3.11. The normalized spacial score (nSPS) is 13.9. The lowest BCUT2D eigenvalue weighted by atomic mass is 10.2. The van der Waals surface area contributed by atoms with Crippen LogP contribution in [0, 0.1) is 0 Å². The van der Waals surface area contributed by atoms with E-state index in [9.17, 15) is 4.79 Å². The number of carbonyl (C=O) groups excluding carboxylic acids is 1. The number of hydrogen-bond donors (Lipinski definition) is 1. The molecule has 0 unspecified atom stereocenters. The maximum Gasteiger partial charge on any atom is 0.262 e. The molecule has 1 aliphatic rings. The SMILES string of the molecule is CCc1ccc(OCC(=O)Nc2cc(OC)ccc2N2CCOCC2)cc1. The fourth-order valence-corrected chi connectivity index (χ4v) is 2.98. The summed E-state index contributed by atoms with van der Waals surface area (Å²) in [5, 5.41) is 2.95. The van der Waals surface area contributed by atoms with E-state index in [1.54, 1.807) is 7.11 Å². The highest BCUT2D eigenvalue weighted by atomic mass is 16.5. The minimum Gasteiger partial charge on any atom is -0.497 e. The van der Waals surface area contributed by atoms with Crippen molar-refractivity contribution < 1.29 is 19.0 Å². The van der Waals surface area contributed by atoms with Crippen molar-refractivity contribution in [2.45, 2.75) is 13.3 Å². The summed E-state index contributed by atoms with van der Waals surface area (Å²) in [6, 6.07) is 13.5. The van der Waals surface area contributed by atoms with Gasteiger partial charge in [-0.05, 0) is 36.2 Å². The van der Waals surface area contributed by atoms with Crippen molar-refractivity contribution in [1.82, 2.24) is 0 Å². The third-order valence-corrected chi connectivity index (χ3v) is 4.53. The molecule has 1 amide bonds. The van der Waals surface area contributed by atoms with Crippen LogP contribution in [-0.2, 0) is 16.0 Å². The van der Waals surface area contributed by atoms with E-state index < -0.39 is 0 Å². The number of methoxy groups -OCH3 is 1. The zero-order valence-corrected chi connectivity index (χ0v) is 15.9. The number of aryl methyl sites for hydroxylation is 1. The molecule has 0 spiro atoms. The highest BCUT2D eigenvalue weighted by Crippen LogP contribution is 2.31. The van der Waals surface area contributed by atoms with Crippen LogP contribution in [0.5, 0.6) is 11.5 Å². The molecule has 2 aromatic rings. The molecule has 0 bridgehead atoms. The maximum absolute atomic E-state index is 12.4. The Kier molecular flexibility index (Phi) is 6.54. The van der Waals surface area contributed by atoms with Crippen LogP contribution in [0.15, 0.2) is 42.5 Å². The van der Waals surface area contributed by atoms with E-state index in [0.29, 0.717) is 30.4 Å². The minimum absolute atomic E-state index is 0.0504. The molecule has 1 aliphatic heterocycles. The molecule has 0 aromatic heterocycles. The highest BCUT2D eigenvalue weighted by molar-refractivity contribution is 5.95. The van der Waals surface area contributed by atoms with Gasteiger partial charge in [-0.1, -0.05) is 19.1 Å². The molecule has 0 aliphatic carbocycles. The van der Waals surface area contributed by atoms with Crippen LogP contribution >= 0.6 is 0 Å². The Morgan fingerprint density at radius 2 is 1.81 bits per heavy atom. The van der Waals surface area contributed by atoms with Gasteiger partial charge in [0.2, 0.25) is 0 Å². The fraction of sp³-hybridized carbons (Fsp3) is 0.381. The van der Waals surface area contributed by atoms with Gasteiger partial charge >= 0.3 is 0 Å². The summed E-state index contributed by atoms with van der Waals surface area (Å²) < 4.78 is 16.3. The molecule has 1 heterocycles. The number of carbonyl (C=O) groups is 1. The third-order valence-electron chi connectivity index (χ3n) is 4.53. The first-order chi connectivity index (χ1) is 13.2. The molecule has 6 heteroatoms. The second-order valence-corrected chi connectivity index (χ2v) is 6.32. The van der Waals surface area contributed by atoms with Gasteiger partial charge in [-0.25, -0.2) is 0 Å². The average Bonchev–Trinajstić information content (AvgIpc) is 2.73. The van der Waals surface area contributed by atoms with Crippen LogP contribution in [0.25, 0.3) is 0 Å². The molecule has 6 nitrogen and oxygen atoms in total. The van der Waals surface area contributed by atoms with Gasteiger partial charge in [0.1, 0.15) is 11.5 Å². The summed E-state index contributed by atoms with van der Waals surface area (Å²) in [5.74, 6) is 1.16. The molecule has 0 radical (unpaired) electrons. The average molecular weight is 370 g/mol. The van der Waals surface area contributed by atoms with Crippen molar-refractivity contribution >= 4 is 17.3 Å². The molecule has 0 saturated carbocycles. The first kappa shape index (κ1) is 19.0. The summed E-state index contributed by atoms with van der Waals surface area (Å²) >= 11 is 0. The number of nitrogens with zero attached hydrogens (tertiary/aromatic N) is 1. The van der Waals surface area contributed by atoms with Crippen molar-refractivity contribution in [2.75, 3.05) is 50.2 Å². The van der Waals surface area contributed by atoms with Crippen molar-refractivity contribution in [1.29, 1.82) is 0 Å². The van der Waals surface area contributed by atoms with E-state index in [0.717, 1.165) is 25.2 Å². The number of nitrogens with one attached hydrogen (secondary N) is 1. The molecule has 3 rings (SSSR count). The fourth-order valence-electron chi connectivity index (χ4n) is 2.98. The van der Waals surface area contributed by atoms with Crippen molar-refractivity contribution in [2.24, 2.45) is 0 Å². The van der Waals surface area contributed by atoms with Gasteiger partial charge in [0.15, 0.2) is 6.61 Å². The van der Waals surface area contributed by atoms with Gasteiger partial charge in [-0.15, -0.1) is 0 Å². The minimum atomic E-state index is -0.211. The molecule has 27 heavy (non-hydrogen) atoms. The molecule has 2 aromatic carbocycles. The standard InChI is InChI=1S/C21H26N2O4/c1-3-16-4-6-17(7-5-16)27-15-21(24)22-19-14-18(25-2)8-9-20(19)23-10-12-26-13-11-23/h4-9,14H,3,10-13,15H2,1-2H3,(H,22,24). The lowest BCUT2D eigenvalue weighted by Gasteiger charge is -2.30. The molecule has 144 valence electrons. The van der Waals surface area contributed by atoms with Gasteiger partial charge in [0, 0.05) is 19.2 Å². The van der Waals surface area contributed by atoms with Crippen molar-refractivity contribution in [3.8, 4) is 11.5 Å². The van der Waals surface area contributed by atoms with E-state index in [2.05, 4.69) is 17.1 Å². The lowest BCUT2D eigenvalue weighted by Crippen LogP contribution is -2.37. The second-order valence-electron chi connectivity index (χ2n) is 6.32. The van der Waals surface area contributed by atoms with Gasteiger partial charge in [-0.2, -0.15) is 0 Å². The number of ether oxygens (including phenoxy) is 3. The Hall–Kier alpha value is -2.73.